The molecule has 1 atom stereocenters. The molecule has 18 heavy (non-hydrogen) atoms. The number of methoxy groups -OCH3 is 1. The van der Waals surface area contributed by atoms with Crippen LogP contribution in [0, 0.1) is 0 Å². The van der Waals surface area contributed by atoms with Gasteiger partial charge in [0.15, 0.2) is 0 Å². The van der Waals surface area contributed by atoms with Gasteiger partial charge in [-0.1, -0.05) is 12.1 Å². The number of benzene rings is 1. The van der Waals surface area contributed by atoms with Crippen LogP contribution in [0.3, 0.4) is 0 Å². The first-order valence-corrected chi connectivity index (χ1v) is 6.41. The quantitative estimate of drug-likeness (QED) is 0.841. The van der Waals surface area contributed by atoms with Gasteiger partial charge in [-0.25, -0.2) is 4.98 Å². The van der Waals surface area contributed by atoms with Gasteiger partial charge in [0.25, 0.3) is 5.91 Å². The molecule has 5 nitrogen and oxygen atoms in total. The van der Waals surface area contributed by atoms with E-state index in [0.29, 0.717) is 6.54 Å². The third kappa shape index (κ3) is 2.84. The summed E-state index contributed by atoms with van der Waals surface area (Å²) >= 11 is 1.57. The zero-order chi connectivity index (χ0) is 13.0. The van der Waals surface area contributed by atoms with Crippen LogP contribution in [0.5, 0.6) is 0 Å². The first kappa shape index (κ1) is 12.9. The summed E-state index contributed by atoms with van der Waals surface area (Å²) < 4.78 is 6.07. The number of hydrogen-bond donors (Lipinski definition) is 2. The summed E-state index contributed by atoms with van der Waals surface area (Å²) in [5.41, 5.74) is 6.37. The lowest BCUT2D eigenvalue weighted by molar-refractivity contribution is -0.130. The summed E-state index contributed by atoms with van der Waals surface area (Å²) in [6.45, 7) is 0.570. The molecule has 2 rings (SSSR count). The topological polar surface area (TPSA) is 77.2 Å². The second-order valence-corrected chi connectivity index (χ2v) is 4.87. The van der Waals surface area contributed by atoms with Gasteiger partial charge in [0.1, 0.15) is 11.1 Å². The Kier molecular flexibility index (Phi) is 4.24. The average Bonchev–Trinajstić information content (AvgIpc) is 2.80. The van der Waals surface area contributed by atoms with Gasteiger partial charge in [0.2, 0.25) is 0 Å². The van der Waals surface area contributed by atoms with Gasteiger partial charge in [-0.05, 0) is 12.1 Å². The van der Waals surface area contributed by atoms with E-state index in [9.17, 15) is 4.79 Å². The number of aromatic nitrogens is 1. The van der Waals surface area contributed by atoms with Crippen molar-refractivity contribution in [2.75, 3.05) is 13.7 Å². The van der Waals surface area contributed by atoms with Crippen molar-refractivity contribution >= 4 is 27.5 Å². The highest BCUT2D eigenvalue weighted by Crippen LogP contribution is 2.21. The van der Waals surface area contributed by atoms with E-state index in [-0.39, 0.29) is 12.5 Å². The van der Waals surface area contributed by atoms with Gasteiger partial charge in [-0.2, -0.15) is 0 Å². The molecule has 0 fully saturated rings. The highest BCUT2D eigenvalue weighted by Gasteiger charge is 2.15. The van der Waals surface area contributed by atoms with Crippen LogP contribution < -0.4 is 11.1 Å². The van der Waals surface area contributed by atoms with Gasteiger partial charge in [0.05, 0.1) is 16.8 Å². The second kappa shape index (κ2) is 5.90. The van der Waals surface area contributed by atoms with E-state index < -0.39 is 6.10 Å². The molecule has 96 valence electrons. The minimum absolute atomic E-state index is 0.169. The number of amides is 1. The second-order valence-electron chi connectivity index (χ2n) is 3.75. The summed E-state index contributed by atoms with van der Waals surface area (Å²) in [6.07, 6.45) is -0.598. The van der Waals surface area contributed by atoms with Crippen LogP contribution in [0.15, 0.2) is 24.3 Å². The average molecular weight is 265 g/mol. The zero-order valence-electron chi connectivity index (χ0n) is 10.1. The van der Waals surface area contributed by atoms with Crippen molar-refractivity contribution in [2.45, 2.75) is 12.6 Å². The number of para-hydroxylation sites is 1. The molecule has 1 unspecified atom stereocenters. The fraction of sp³-hybridized carbons (Fsp3) is 0.333. The van der Waals surface area contributed by atoms with Crippen molar-refractivity contribution in [2.24, 2.45) is 5.73 Å². The molecule has 0 aliphatic carbocycles. The molecular weight excluding hydrogens is 250 g/mol. The van der Waals surface area contributed by atoms with E-state index in [1.54, 1.807) is 11.3 Å². The highest BCUT2D eigenvalue weighted by molar-refractivity contribution is 7.18. The Bertz CT molecular complexity index is 504. The van der Waals surface area contributed by atoms with Crippen LogP contribution in [-0.2, 0) is 16.1 Å². The summed E-state index contributed by atoms with van der Waals surface area (Å²) in [5.74, 6) is -0.209. The number of ether oxygens (including phenoxy) is 1. The molecule has 1 aromatic carbocycles. The normalized spacial score (nSPS) is 12.6. The lowest BCUT2D eigenvalue weighted by Gasteiger charge is -2.11. The van der Waals surface area contributed by atoms with E-state index in [2.05, 4.69) is 10.3 Å². The fourth-order valence-corrected chi connectivity index (χ4v) is 2.49. The van der Waals surface area contributed by atoms with Crippen molar-refractivity contribution in [3.8, 4) is 0 Å². The molecule has 6 heteroatoms. The highest BCUT2D eigenvalue weighted by atomic mass is 32.1. The van der Waals surface area contributed by atoms with Gasteiger partial charge in [0, 0.05) is 13.7 Å². The van der Waals surface area contributed by atoms with E-state index in [1.165, 1.54) is 7.11 Å². The summed E-state index contributed by atoms with van der Waals surface area (Å²) in [7, 11) is 1.47. The smallest absolute Gasteiger partial charge is 0.250 e. The first-order chi connectivity index (χ1) is 8.74. The monoisotopic (exact) mass is 265 g/mol. The van der Waals surface area contributed by atoms with Crippen molar-refractivity contribution in [1.82, 2.24) is 10.3 Å². The van der Waals surface area contributed by atoms with Crippen molar-refractivity contribution in [3.63, 3.8) is 0 Å². The van der Waals surface area contributed by atoms with E-state index in [0.717, 1.165) is 15.2 Å². The summed E-state index contributed by atoms with van der Waals surface area (Å²) in [5, 5.41) is 3.64. The molecule has 0 saturated carbocycles. The van der Waals surface area contributed by atoms with Crippen LogP contribution in [0.1, 0.15) is 5.01 Å². The van der Waals surface area contributed by atoms with E-state index >= 15 is 0 Å². The van der Waals surface area contributed by atoms with Gasteiger partial charge < -0.3 is 15.8 Å². The maximum absolute atomic E-state index is 11.7. The number of carbonyl (C=O) groups is 1. The predicted octanol–water partition coefficient (Wildman–Crippen LogP) is 0.886. The third-order valence-corrected chi connectivity index (χ3v) is 3.58. The molecule has 1 heterocycles. The fourth-order valence-electron chi connectivity index (χ4n) is 1.58. The number of hydrogen-bond acceptors (Lipinski definition) is 5. The first-order valence-electron chi connectivity index (χ1n) is 5.59. The molecule has 0 bridgehead atoms. The van der Waals surface area contributed by atoms with E-state index in [4.69, 9.17) is 10.5 Å². The summed E-state index contributed by atoms with van der Waals surface area (Å²) in [4.78, 5) is 16.1. The SMILES string of the molecule is COC(CN)C(=O)NCc1nc2ccccc2s1. The zero-order valence-corrected chi connectivity index (χ0v) is 10.9. The lowest BCUT2D eigenvalue weighted by Crippen LogP contribution is -2.40. The lowest BCUT2D eigenvalue weighted by atomic mass is 10.3. The van der Waals surface area contributed by atoms with Crippen LogP contribution in [0.25, 0.3) is 10.2 Å². The Morgan fingerprint density at radius 2 is 2.33 bits per heavy atom. The third-order valence-electron chi connectivity index (χ3n) is 2.54. The Morgan fingerprint density at radius 1 is 1.56 bits per heavy atom. The summed E-state index contributed by atoms with van der Waals surface area (Å²) in [6, 6.07) is 7.88. The van der Waals surface area contributed by atoms with E-state index in [1.807, 2.05) is 24.3 Å². The molecule has 0 spiro atoms. The van der Waals surface area contributed by atoms with Crippen LogP contribution in [0.4, 0.5) is 0 Å². The number of thiazole rings is 1. The molecule has 1 aromatic heterocycles. The molecule has 0 aliphatic rings. The van der Waals surface area contributed by atoms with Crippen LogP contribution >= 0.6 is 11.3 Å². The van der Waals surface area contributed by atoms with Gasteiger partial charge >= 0.3 is 0 Å². The molecule has 3 N–H and O–H groups in total. The molecular formula is C12H15N3O2S. The van der Waals surface area contributed by atoms with Gasteiger partial charge in [-0.3, -0.25) is 4.79 Å². The minimum atomic E-state index is -0.598. The number of nitrogens with two attached hydrogens (primary N) is 1. The number of nitrogens with zero attached hydrogens (tertiary/aromatic N) is 1. The number of carbonyl (C=O) groups excluding carboxylic acids is 1. The maximum atomic E-state index is 11.7. The molecule has 0 radical (unpaired) electrons. The van der Waals surface area contributed by atoms with Crippen molar-refractivity contribution in [3.05, 3.63) is 29.3 Å². The maximum Gasteiger partial charge on any atom is 0.250 e. The number of fused-ring (bicyclic) bond motifs is 1. The minimum Gasteiger partial charge on any atom is -0.370 e. The number of nitrogens with one attached hydrogen (secondary N) is 1. The molecule has 2 aromatic rings. The molecule has 0 aliphatic heterocycles. The number of rotatable bonds is 5. The van der Waals surface area contributed by atoms with Crippen LogP contribution in [-0.4, -0.2) is 30.6 Å². The Balaban J connectivity index is 1.99. The van der Waals surface area contributed by atoms with Crippen molar-refractivity contribution in [1.29, 1.82) is 0 Å². The standard InChI is InChI=1S/C12H15N3O2S/c1-17-9(6-13)12(16)14-7-11-15-8-4-2-3-5-10(8)18-11/h2-5,9H,6-7,13H2,1H3,(H,14,16). The largest absolute Gasteiger partial charge is 0.370 e. The Morgan fingerprint density at radius 3 is 3.00 bits per heavy atom. The van der Waals surface area contributed by atoms with Gasteiger partial charge in [-0.15, -0.1) is 11.3 Å². The van der Waals surface area contributed by atoms with Crippen molar-refractivity contribution < 1.29 is 9.53 Å². The Labute approximate surface area is 109 Å². The molecule has 0 saturated heterocycles. The van der Waals surface area contributed by atoms with Crippen LogP contribution in [0.2, 0.25) is 0 Å². The molecule has 1 amide bonds. The Hall–Kier alpha value is -1.50. The predicted molar refractivity (Wildman–Crippen MR) is 71.3 cm³/mol.